The summed E-state index contributed by atoms with van der Waals surface area (Å²) in [4.78, 5) is -0.0510. The molecule has 1 aromatic carbocycles. The molecule has 120 valence electrons. The van der Waals surface area contributed by atoms with Crippen LogP contribution in [0.2, 0.25) is 0 Å². The molecule has 0 atom stereocenters. The van der Waals surface area contributed by atoms with Crippen LogP contribution in [-0.2, 0) is 16.6 Å². The fourth-order valence-corrected chi connectivity index (χ4v) is 3.67. The summed E-state index contributed by atoms with van der Waals surface area (Å²) in [5.74, 6) is 0. The molecule has 0 heterocycles. The number of rotatable bonds is 7. The molecule has 0 radical (unpaired) electrons. The van der Waals surface area contributed by atoms with Crippen molar-refractivity contribution in [3.8, 4) is 0 Å². The van der Waals surface area contributed by atoms with Gasteiger partial charge in [0.05, 0.1) is 11.5 Å². The smallest absolute Gasteiger partial charge is 0.389 e. The Morgan fingerprint density at radius 3 is 2.48 bits per heavy atom. The van der Waals surface area contributed by atoms with Crippen LogP contribution in [0.1, 0.15) is 24.8 Å². The van der Waals surface area contributed by atoms with Crippen LogP contribution in [0.5, 0.6) is 0 Å². The van der Waals surface area contributed by atoms with E-state index in [0.29, 0.717) is 10.0 Å². The second-order valence-electron chi connectivity index (χ2n) is 4.39. The minimum Gasteiger partial charge on any atom is -0.392 e. The van der Waals surface area contributed by atoms with Gasteiger partial charge in [-0.15, -0.1) is 0 Å². The number of hydrogen-bond donors (Lipinski definition) is 2. The number of alkyl halides is 3. The monoisotopic (exact) mass is 389 g/mol. The van der Waals surface area contributed by atoms with Crippen LogP contribution < -0.4 is 4.72 Å². The first-order chi connectivity index (χ1) is 9.65. The minimum absolute atomic E-state index is 0.0510. The molecule has 0 aliphatic rings. The standard InChI is InChI=1S/C12H15BrF3NO3S/c13-10-4-3-9(8-18)7-11(10)21(19,20)17-6-2-1-5-12(14,15)16/h3-4,7,17-18H,1-2,5-6,8H2. The molecule has 9 heteroatoms. The van der Waals surface area contributed by atoms with Gasteiger partial charge in [-0.1, -0.05) is 6.07 Å². The first kappa shape index (κ1) is 18.4. The van der Waals surface area contributed by atoms with Gasteiger partial charge in [-0.05, 0) is 46.5 Å². The number of benzene rings is 1. The number of aliphatic hydroxyl groups excluding tert-OH is 1. The lowest BCUT2D eigenvalue weighted by Gasteiger charge is -2.10. The highest BCUT2D eigenvalue weighted by atomic mass is 79.9. The summed E-state index contributed by atoms with van der Waals surface area (Å²) in [5.41, 5.74) is 0.427. The van der Waals surface area contributed by atoms with Gasteiger partial charge in [0, 0.05) is 17.4 Å². The number of hydrogen-bond acceptors (Lipinski definition) is 3. The van der Waals surface area contributed by atoms with Crippen LogP contribution >= 0.6 is 15.9 Å². The summed E-state index contributed by atoms with van der Waals surface area (Å²) in [6.07, 6.45) is -5.20. The van der Waals surface area contributed by atoms with Gasteiger partial charge in [0.15, 0.2) is 0 Å². The zero-order valence-corrected chi connectivity index (χ0v) is 13.4. The quantitative estimate of drug-likeness (QED) is 0.704. The molecule has 0 bridgehead atoms. The molecule has 0 saturated heterocycles. The van der Waals surface area contributed by atoms with Gasteiger partial charge in [0.25, 0.3) is 0 Å². The lowest BCUT2D eigenvalue weighted by Crippen LogP contribution is -2.25. The molecule has 0 aromatic heterocycles. The molecule has 2 N–H and O–H groups in total. The molecule has 0 saturated carbocycles. The first-order valence-electron chi connectivity index (χ1n) is 6.11. The molecule has 1 rings (SSSR count). The molecule has 0 aliphatic heterocycles. The summed E-state index contributed by atoms with van der Waals surface area (Å²) in [6, 6.07) is 4.36. The summed E-state index contributed by atoms with van der Waals surface area (Å²) >= 11 is 3.09. The second kappa shape index (κ2) is 7.57. The summed E-state index contributed by atoms with van der Waals surface area (Å²) in [5, 5.41) is 9.00. The normalized spacial score (nSPS) is 12.6. The van der Waals surface area contributed by atoms with E-state index in [2.05, 4.69) is 20.7 Å². The van der Waals surface area contributed by atoms with Crippen molar-refractivity contribution in [2.24, 2.45) is 0 Å². The van der Waals surface area contributed by atoms with Gasteiger partial charge < -0.3 is 5.11 Å². The van der Waals surface area contributed by atoms with Gasteiger partial charge in [0.2, 0.25) is 10.0 Å². The van der Waals surface area contributed by atoms with Gasteiger partial charge in [0.1, 0.15) is 0 Å². The highest BCUT2D eigenvalue weighted by Gasteiger charge is 2.26. The lowest BCUT2D eigenvalue weighted by atomic mass is 10.2. The Bertz CT molecular complexity index is 576. The minimum atomic E-state index is -4.22. The Morgan fingerprint density at radius 2 is 1.90 bits per heavy atom. The third-order valence-corrected chi connectivity index (χ3v) is 5.10. The third kappa shape index (κ3) is 6.33. The summed E-state index contributed by atoms with van der Waals surface area (Å²) < 4.78 is 62.5. The maximum absolute atomic E-state index is 12.0. The van der Waals surface area contributed by atoms with E-state index in [1.54, 1.807) is 6.07 Å². The summed E-state index contributed by atoms with van der Waals surface area (Å²) in [6.45, 7) is -0.379. The molecule has 0 unspecified atom stereocenters. The molecule has 0 aliphatic carbocycles. The van der Waals surface area contributed by atoms with Crippen LogP contribution in [-0.4, -0.2) is 26.2 Å². The molecule has 0 fully saturated rings. The number of nitrogens with one attached hydrogen (secondary N) is 1. The zero-order chi connectivity index (χ0) is 16.1. The molecule has 21 heavy (non-hydrogen) atoms. The molecule has 0 spiro atoms. The van der Waals surface area contributed by atoms with E-state index < -0.39 is 22.6 Å². The van der Waals surface area contributed by atoms with Crippen molar-refractivity contribution in [1.82, 2.24) is 4.72 Å². The number of sulfonamides is 1. The van der Waals surface area contributed by atoms with Crippen LogP contribution in [0.4, 0.5) is 13.2 Å². The van der Waals surface area contributed by atoms with E-state index in [4.69, 9.17) is 5.11 Å². The highest BCUT2D eigenvalue weighted by molar-refractivity contribution is 9.10. The number of halogens is 4. The maximum Gasteiger partial charge on any atom is 0.389 e. The zero-order valence-electron chi connectivity index (χ0n) is 11.0. The molecular weight excluding hydrogens is 375 g/mol. The second-order valence-corrected chi connectivity index (χ2v) is 6.98. The highest BCUT2D eigenvalue weighted by Crippen LogP contribution is 2.24. The van der Waals surface area contributed by atoms with Crippen LogP contribution in [0.25, 0.3) is 0 Å². The van der Waals surface area contributed by atoms with Crippen molar-refractivity contribution < 1.29 is 26.7 Å². The van der Waals surface area contributed by atoms with Crippen LogP contribution in [0.3, 0.4) is 0 Å². The van der Waals surface area contributed by atoms with Gasteiger partial charge in [-0.2, -0.15) is 13.2 Å². The van der Waals surface area contributed by atoms with Crippen LogP contribution in [0, 0.1) is 0 Å². The topological polar surface area (TPSA) is 66.4 Å². The Morgan fingerprint density at radius 1 is 1.24 bits per heavy atom. The van der Waals surface area contributed by atoms with Crippen molar-refractivity contribution in [3.05, 3.63) is 28.2 Å². The van der Waals surface area contributed by atoms with E-state index in [1.165, 1.54) is 12.1 Å². The third-order valence-electron chi connectivity index (χ3n) is 2.65. The van der Waals surface area contributed by atoms with Gasteiger partial charge >= 0.3 is 6.18 Å². The van der Waals surface area contributed by atoms with Gasteiger partial charge in [-0.25, -0.2) is 13.1 Å². The fourth-order valence-electron chi connectivity index (χ4n) is 1.59. The average Bonchev–Trinajstić information content (AvgIpc) is 2.37. The predicted molar refractivity (Wildman–Crippen MR) is 75.2 cm³/mol. The molecule has 1 aromatic rings. The first-order valence-corrected chi connectivity index (χ1v) is 8.39. The van der Waals surface area contributed by atoms with Crippen molar-refractivity contribution in [2.45, 2.75) is 36.9 Å². The maximum atomic E-state index is 12.0. The predicted octanol–water partition coefficient (Wildman–Crippen LogP) is 2.95. The Labute approximate surface area is 129 Å². The fraction of sp³-hybridized carbons (Fsp3) is 0.500. The lowest BCUT2D eigenvalue weighted by molar-refractivity contribution is -0.135. The van der Waals surface area contributed by atoms with E-state index in [9.17, 15) is 21.6 Å². The van der Waals surface area contributed by atoms with E-state index in [-0.39, 0.29) is 30.9 Å². The number of unbranched alkanes of at least 4 members (excludes halogenated alkanes) is 1. The largest absolute Gasteiger partial charge is 0.392 e. The van der Waals surface area contributed by atoms with Crippen molar-refractivity contribution >= 4 is 26.0 Å². The van der Waals surface area contributed by atoms with Crippen molar-refractivity contribution in [1.29, 1.82) is 0 Å². The molecule has 0 amide bonds. The molecular formula is C12H15BrF3NO3S. The molecule has 4 nitrogen and oxygen atoms in total. The van der Waals surface area contributed by atoms with Crippen molar-refractivity contribution in [3.63, 3.8) is 0 Å². The Hall–Kier alpha value is -0.640. The Kier molecular flexibility index (Phi) is 6.64. The van der Waals surface area contributed by atoms with Crippen molar-refractivity contribution in [2.75, 3.05) is 6.54 Å². The average molecular weight is 390 g/mol. The Balaban J connectivity index is 2.62. The van der Waals surface area contributed by atoms with Crippen LogP contribution in [0.15, 0.2) is 27.6 Å². The summed E-state index contributed by atoms with van der Waals surface area (Å²) in [7, 11) is -3.83. The van der Waals surface area contributed by atoms with E-state index in [0.717, 1.165) is 0 Å². The van der Waals surface area contributed by atoms with Gasteiger partial charge in [-0.3, -0.25) is 0 Å². The van der Waals surface area contributed by atoms with E-state index in [1.807, 2.05) is 0 Å². The SMILES string of the molecule is O=S(=O)(NCCCCC(F)(F)F)c1cc(CO)ccc1Br. The number of aliphatic hydroxyl groups is 1. The van der Waals surface area contributed by atoms with E-state index >= 15 is 0 Å².